The van der Waals surface area contributed by atoms with Crippen LogP contribution in [0.25, 0.3) is 139 Å². The minimum absolute atomic E-state index is 0. The third kappa shape index (κ3) is 10.9. The number of rotatable bonds is 12. The summed E-state index contributed by atoms with van der Waals surface area (Å²) in [6, 6.07) is 102. The summed E-state index contributed by atoms with van der Waals surface area (Å²) in [4.78, 5) is 18.1. The van der Waals surface area contributed by atoms with Crippen molar-refractivity contribution in [2.24, 2.45) is 0 Å². The number of benzene rings is 10. The van der Waals surface area contributed by atoms with E-state index in [9.17, 15) is 5.26 Å². The van der Waals surface area contributed by atoms with Crippen LogP contribution in [0, 0.1) is 36.1 Å². The zero-order chi connectivity index (χ0) is 55.2. The molecule has 0 saturated carbocycles. The summed E-state index contributed by atoms with van der Waals surface area (Å²) in [7, 11) is 0. The normalized spacial score (nSPS) is 10.8. The van der Waals surface area contributed by atoms with Crippen molar-refractivity contribution in [1.29, 1.82) is 5.26 Å². The maximum Gasteiger partial charge on any atom is 3.00 e. The molecule has 10 aromatic carbocycles. The van der Waals surface area contributed by atoms with Crippen molar-refractivity contribution < 1.29 is 20.1 Å². The van der Waals surface area contributed by atoms with Crippen LogP contribution in [0.3, 0.4) is 0 Å². The molecule has 0 unspecified atom stereocenters. The summed E-state index contributed by atoms with van der Waals surface area (Å²) in [6.07, 6.45) is 5.37. The van der Waals surface area contributed by atoms with Crippen LogP contribution >= 0.6 is 0 Å². The van der Waals surface area contributed by atoms with Gasteiger partial charge in [-0.05, 0) is 120 Å². The fourth-order valence-corrected chi connectivity index (χ4v) is 10.9. The molecule has 0 aliphatic rings. The van der Waals surface area contributed by atoms with Crippen molar-refractivity contribution in [2.45, 2.75) is 0 Å². The second-order valence-corrected chi connectivity index (χ2v) is 19.8. The van der Waals surface area contributed by atoms with Crippen LogP contribution in [-0.2, 0) is 20.1 Å². The van der Waals surface area contributed by atoms with Crippen LogP contribution < -0.4 is 0 Å². The molecule has 0 saturated heterocycles. The number of nitrogens with zero attached hydrogens (tertiary/aromatic N) is 5. The van der Waals surface area contributed by atoms with Gasteiger partial charge in [0, 0.05) is 18.6 Å². The SMILES string of the molecule is [C-]#[N+]c1cc(-c2ccccn2)[c-]cc1-c1ccccc1-c1cc(-c2ccccc2-c2c[c-]c(-c3ccccn3)cc2C#N)cc(-c2ccccc2-c2c[c-]c(-c3cc(-c4ccccc4)ccn3)cc2-c2ccc(-c3ccccc3)cc2)c1.[Ir+3]. The summed E-state index contributed by atoms with van der Waals surface area (Å²) in [5.74, 6) is 0. The third-order valence-corrected chi connectivity index (χ3v) is 14.9. The summed E-state index contributed by atoms with van der Waals surface area (Å²) in [6.45, 7) is 8.46. The molecule has 83 heavy (non-hydrogen) atoms. The van der Waals surface area contributed by atoms with Crippen molar-refractivity contribution in [3.8, 4) is 140 Å². The van der Waals surface area contributed by atoms with E-state index in [1.165, 1.54) is 0 Å². The minimum atomic E-state index is 0. The van der Waals surface area contributed by atoms with Gasteiger partial charge in [0.1, 0.15) is 5.69 Å². The molecule has 0 spiro atoms. The average molecular weight is 1230 g/mol. The summed E-state index contributed by atoms with van der Waals surface area (Å²) < 4.78 is 0. The molecule has 0 amide bonds. The van der Waals surface area contributed by atoms with Gasteiger partial charge in [0.25, 0.3) is 0 Å². The van der Waals surface area contributed by atoms with E-state index in [2.05, 4.69) is 197 Å². The molecule has 388 valence electrons. The maximum atomic E-state index is 10.8. The maximum absolute atomic E-state index is 10.8. The fourth-order valence-electron chi connectivity index (χ4n) is 10.9. The summed E-state index contributed by atoms with van der Waals surface area (Å²) >= 11 is 0. The van der Waals surface area contributed by atoms with E-state index < -0.39 is 0 Å². The van der Waals surface area contributed by atoms with Crippen LogP contribution in [0.1, 0.15) is 5.56 Å². The Balaban J connectivity index is 0.00000680. The van der Waals surface area contributed by atoms with Crippen molar-refractivity contribution >= 4 is 5.69 Å². The van der Waals surface area contributed by atoms with Gasteiger partial charge in [-0.25, -0.2) is 0 Å². The molecule has 6 heteroatoms. The van der Waals surface area contributed by atoms with Gasteiger partial charge in [-0.3, -0.25) is 4.85 Å². The Morgan fingerprint density at radius 2 is 0.735 bits per heavy atom. The van der Waals surface area contributed by atoms with Crippen LogP contribution in [0.4, 0.5) is 5.69 Å². The van der Waals surface area contributed by atoms with E-state index in [1.54, 1.807) is 12.4 Å². The molecule has 0 aliphatic carbocycles. The summed E-state index contributed by atoms with van der Waals surface area (Å²) in [5.41, 5.74) is 23.3. The van der Waals surface area contributed by atoms with Gasteiger partial charge < -0.3 is 15.0 Å². The molecule has 0 bridgehead atoms. The van der Waals surface area contributed by atoms with Crippen LogP contribution in [0.15, 0.2) is 279 Å². The van der Waals surface area contributed by atoms with E-state index in [-0.39, 0.29) is 20.1 Å². The van der Waals surface area contributed by atoms with Crippen molar-refractivity contribution in [3.05, 3.63) is 315 Å². The molecule has 5 nitrogen and oxygen atoms in total. The second-order valence-electron chi connectivity index (χ2n) is 19.8. The Bertz CT molecular complexity index is 4410. The van der Waals surface area contributed by atoms with E-state index >= 15 is 0 Å². The van der Waals surface area contributed by atoms with Gasteiger partial charge in [0.2, 0.25) is 0 Å². The molecular weight excluding hydrogens is 1190 g/mol. The Labute approximate surface area is 497 Å². The third-order valence-electron chi connectivity index (χ3n) is 14.9. The Kier molecular flexibility index (Phi) is 15.3. The zero-order valence-corrected chi connectivity index (χ0v) is 47.0. The molecule has 0 N–H and O–H groups in total. The van der Waals surface area contributed by atoms with Gasteiger partial charge in [-0.1, -0.05) is 227 Å². The van der Waals surface area contributed by atoms with Crippen molar-refractivity contribution in [3.63, 3.8) is 0 Å². The minimum Gasteiger partial charge on any atom is -0.305 e. The molecule has 13 rings (SSSR count). The van der Waals surface area contributed by atoms with Crippen molar-refractivity contribution in [1.82, 2.24) is 15.0 Å². The van der Waals surface area contributed by atoms with Crippen molar-refractivity contribution in [2.75, 3.05) is 0 Å². The first-order chi connectivity index (χ1) is 40.6. The van der Waals surface area contributed by atoms with Crippen LogP contribution in [0.5, 0.6) is 0 Å². The first-order valence-electron chi connectivity index (χ1n) is 27.0. The molecule has 3 heterocycles. The molecule has 0 fully saturated rings. The van der Waals surface area contributed by atoms with Gasteiger partial charge >= 0.3 is 20.1 Å². The van der Waals surface area contributed by atoms with Gasteiger partial charge in [0.05, 0.1) is 12.6 Å². The average Bonchev–Trinajstić information content (AvgIpc) is 3.54. The first-order valence-corrected chi connectivity index (χ1v) is 27.0. The molecule has 0 radical (unpaired) electrons. The largest absolute Gasteiger partial charge is 3.00 e. The number of aromatic nitrogens is 3. The standard InChI is InChI=1S/C77H46N5.Ir/c1-79-77-50-59(75-29-15-17-42-81-75)36-39-72(77)70-27-13-10-24-66(70)62-46-60(64-22-8-11-25-68(64)67-37-34-57(44-63(67)51-78)74-28-14-16-41-80-74)45-61(47-62)65-23-9-12-26-69(65)71-38-35-58(76-49-56(40-43-82-76)53-20-6-3-7-21-53)48-73(71)55-32-30-54(31-33-55)52-18-4-2-5-19-52;/h2-33,37-50H;/q-3;+3. The number of pyridine rings is 3. The monoisotopic (exact) mass is 1230 g/mol. The molecular formula is C77H46IrN5. The topological polar surface area (TPSA) is 66.8 Å². The van der Waals surface area contributed by atoms with E-state index in [1.807, 2.05) is 109 Å². The molecule has 0 aliphatic heterocycles. The van der Waals surface area contributed by atoms with E-state index in [4.69, 9.17) is 11.6 Å². The van der Waals surface area contributed by atoms with E-state index in [0.29, 0.717) is 11.3 Å². The molecule has 0 atom stereocenters. The predicted molar refractivity (Wildman–Crippen MR) is 333 cm³/mol. The number of hydrogen-bond acceptors (Lipinski definition) is 4. The first kappa shape index (κ1) is 53.0. The quantitative estimate of drug-likeness (QED) is 0.114. The number of nitriles is 1. The molecule has 13 aromatic rings. The van der Waals surface area contributed by atoms with Crippen LogP contribution in [0.2, 0.25) is 0 Å². The Hall–Kier alpha value is -10.7. The second kappa shape index (κ2) is 23.9. The van der Waals surface area contributed by atoms with Gasteiger partial charge in [-0.15, -0.1) is 71.3 Å². The van der Waals surface area contributed by atoms with Gasteiger partial charge in [-0.2, -0.15) is 5.26 Å². The van der Waals surface area contributed by atoms with E-state index in [0.717, 1.165) is 134 Å². The van der Waals surface area contributed by atoms with Gasteiger partial charge in [0.15, 0.2) is 0 Å². The fraction of sp³-hybridized carbons (Fsp3) is 0. The zero-order valence-electron chi connectivity index (χ0n) is 44.6. The summed E-state index contributed by atoms with van der Waals surface area (Å²) in [5, 5.41) is 10.8. The molecule has 3 aromatic heterocycles. The Morgan fingerprint density at radius 1 is 0.313 bits per heavy atom. The number of hydrogen-bond donors (Lipinski definition) is 0. The smallest absolute Gasteiger partial charge is 0.305 e. The predicted octanol–water partition coefficient (Wildman–Crippen LogP) is 19.7. The Morgan fingerprint density at radius 3 is 1.27 bits per heavy atom. The van der Waals surface area contributed by atoms with Crippen LogP contribution in [-0.4, -0.2) is 15.0 Å².